The van der Waals surface area contributed by atoms with Crippen LogP contribution in [0.15, 0.2) is 77.7 Å². The van der Waals surface area contributed by atoms with Crippen LogP contribution in [0.25, 0.3) is 0 Å². The minimum Gasteiger partial charge on any atom is -0.478 e. The molecule has 0 aliphatic heterocycles. The number of para-hydroxylation sites is 2. The van der Waals surface area contributed by atoms with E-state index in [1.54, 1.807) is 48.5 Å². The quantitative estimate of drug-likeness (QED) is 0.331. The second kappa shape index (κ2) is 9.99. The maximum Gasteiger partial charge on any atom is 0.343 e. The van der Waals surface area contributed by atoms with Crippen LogP contribution in [0, 0.1) is 0 Å². The molecule has 0 saturated heterocycles. The molecule has 0 unspecified atom stereocenters. The average molecular weight is 442 g/mol. The van der Waals surface area contributed by atoms with Crippen LogP contribution in [0.4, 0.5) is 5.69 Å². The van der Waals surface area contributed by atoms with E-state index in [0.29, 0.717) is 12.3 Å². The molecule has 0 bridgehead atoms. The molecule has 8 heteroatoms. The summed E-state index contributed by atoms with van der Waals surface area (Å²) in [7, 11) is -4.40. The lowest BCUT2D eigenvalue weighted by Crippen LogP contribution is -2.14. The lowest BCUT2D eigenvalue weighted by atomic mass is 10.1. The molecule has 3 rings (SSSR count). The summed E-state index contributed by atoms with van der Waals surface area (Å²) in [5.74, 6) is -0.779. The molecular formula is C23H23NO6S. The molecule has 7 nitrogen and oxygen atoms in total. The second-order valence-corrected chi connectivity index (χ2v) is 8.22. The molecule has 3 aromatic carbocycles. The number of unbranched alkanes of at least 4 members (excludes halogenated alkanes) is 1. The minimum absolute atomic E-state index is 0.0248. The maximum atomic E-state index is 13.1. The zero-order valence-corrected chi connectivity index (χ0v) is 17.8. The van der Waals surface area contributed by atoms with Crippen molar-refractivity contribution in [1.82, 2.24) is 0 Å². The summed E-state index contributed by atoms with van der Waals surface area (Å²) in [6.45, 7) is 2.53. The predicted molar refractivity (Wildman–Crippen MR) is 118 cm³/mol. The molecule has 0 atom stereocenters. The van der Waals surface area contributed by atoms with Gasteiger partial charge in [-0.25, -0.2) is 4.79 Å². The summed E-state index contributed by atoms with van der Waals surface area (Å²) >= 11 is 0. The van der Waals surface area contributed by atoms with Crippen molar-refractivity contribution in [2.75, 3.05) is 11.9 Å². The van der Waals surface area contributed by atoms with Gasteiger partial charge in [0.05, 0.1) is 11.3 Å². The van der Waals surface area contributed by atoms with E-state index in [0.717, 1.165) is 18.9 Å². The fourth-order valence-corrected chi connectivity index (χ4v) is 3.91. The number of hydrogen-bond donors (Lipinski definition) is 2. The number of hydrogen-bond acceptors (Lipinski definition) is 6. The van der Waals surface area contributed by atoms with Gasteiger partial charge >= 0.3 is 16.1 Å². The number of carboxylic acid groups (broad SMARTS) is 1. The number of benzene rings is 3. The van der Waals surface area contributed by atoms with Crippen LogP contribution in [0.1, 0.15) is 30.1 Å². The zero-order chi connectivity index (χ0) is 22.3. The summed E-state index contributed by atoms with van der Waals surface area (Å²) in [5, 5.41) is 12.6. The van der Waals surface area contributed by atoms with Crippen LogP contribution in [-0.4, -0.2) is 26.0 Å². The molecule has 3 aromatic rings. The first-order chi connectivity index (χ1) is 14.9. The normalized spacial score (nSPS) is 11.0. The number of rotatable bonds is 10. The van der Waals surface area contributed by atoms with Crippen molar-refractivity contribution in [2.45, 2.75) is 24.7 Å². The molecule has 0 spiro atoms. The SMILES string of the molecule is CCCCNc1cc(C(=O)O)cc(S(=O)(=O)Oc2ccccc2)c1Oc1ccccc1. The Bertz CT molecular complexity index is 1130. The number of aromatic carboxylic acids is 1. The first-order valence-electron chi connectivity index (χ1n) is 9.78. The highest BCUT2D eigenvalue weighted by atomic mass is 32.2. The van der Waals surface area contributed by atoms with Gasteiger partial charge in [0.1, 0.15) is 11.5 Å². The van der Waals surface area contributed by atoms with E-state index in [-0.39, 0.29) is 27.6 Å². The van der Waals surface area contributed by atoms with E-state index < -0.39 is 16.1 Å². The Morgan fingerprint density at radius 2 is 1.58 bits per heavy atom. The van der Waals surface area contributed by atoms with Crippen LogP contribution in [0.2, 0.25) is 0 Å². The first kappa shape index (κ1) is 22.2. The van der Waals surface area contributed by atoms with Crippen molar-refractivity contribution >= 4 is 21.8 Å². The van der Waals surface area contributed by atoms with Crippen LogP contribution >= 0.6 is 0 Å². The molecule has 0 fully saturated rings. The standard InChI is InChI=1S/C23H23NO6S/c1-2-3-14-24-20-15-17(23(25)26)16-21(22(20)29-18-10-6-4-7-11-18)31(27,28)30-19-12-8-5-9-13-19/h4-13,15-16,24H,2-3,14H2,1H3,(H,25,26). The van der Waals surface area contributed by atoms with Gasteiger partial charge in [0.25, 0.3) is 0 Å². The van der Waals surface area contributed by atoms with E-state index >= 15 is 0 Å². The van der Waals surface area contributed by atoms with Crippen molar-refractivity contribution in [3.63, 3.8) is 0 Å². The molecule has 162 valence electrons. The van der Waals surface area contributed by atoms with Gasteiger partial charge in [-0.05, 0) is 42.8 Å². The maximum absolute atomic E-state index is 13.1. The summed E-state index contributed by atoms with van der Waals surface area (Å²) in [6.07, 6.45) is 1.72. The third-order valence-electron chi connectivity index (χ3n) is 4.33. The average Bonchev–Trinajstić information content (AvgIpc) is 2.75. The van der Waals surface area contributed by atoms with Gasteiger partial charge in [0, 0.05) is 6.54 Å². The summed E-state index contributed by atoms with van der Waals surface area (Å²) < 4.78 is 37.5. The Morgan fingerprint density at radius 1 is 0.968 bits per heavy atom. The summed E-state index contributed by atoms with van der Waals surface area (Å²) in [6, 6.07) is 19.1. The molecule has 2 N–H and O–H groups in total. The van der Waals surface area contributed by atoms with E-state index in [1.165, 1.54) is 18.2 Å². The summed E-state index contributed by atoms with van der Waals surface area (Å²) in [4.78, 5) is 11.3. The smallest absolute Gasteiger partial charge is 0.343 e. The van der Waals surface area contributed by atoms with Crippen molar-refractivity contribution < 1.29 is 27.2 Å². The Hall–Kier alpha value is -3.52. The Labute approximate surface area is 181 Å². The highest BCUT2D eigenvalue weighted by Crippen LogP contribution is 2.38. The van der Waals surface area contributed by atoms with Crippen LogP contribution in [0.5, 0.6) is 17.2 Å². The van der Waals surface area contributed by atoms with E-state index in [1.807, 2.05) is 6.92 Å². The van der Waals surface area contributed by atoms with E-state index in [4.69, 9.17) is 8.92 Å². The fraction of sp³-hybridized carbons (Fsp3) is 0.174. The fourth-order valence-electron chi connectivity index (χ4n) is 2.80. The number of carboxylic acids is 1. The van der Waals surface area contributed by atoms with Gasteiger partial charge in [-0.1, -0.05) is 49.7 Å². The highest BCUT2D eigenvalue weighted by molar-refractivity contribution is 7.87. The van der Waals surface area contributed by atoms with Gasteiger partial charge in [-0.15, -0.1) is 0 Å². The molecule has 31 heavy (non-hydrogen) atoms. The monoisotopic (exact) mass is 441 g/mol. The third kappa shape index (κ3) is 5.76. The van der Waals surface area contributed by atoms with E-state index in [9.17, 15) is 18.3 Å². The Kier molecular flexibility index (Phi) is 7.15. The number of carbonyl (C=O) groups is 1. The predicted octanol–water partition coefficient (Wildman–Crippen LogP) is 5.16. The lowest BCUT2D eigenvalue weighted by molar-refractivity contribution is 0.0696. The van der Waals surface area contributed by atoms with Crippen LogP contribution < -0.4 is 14.2 Å². The Morgan fingerprint density at radius 3 is 2.16 bits per heavy atom. The Balaban J connectivity index is 2.14. The van der Waals surface area contributed by atoms with Crippen molar-refractivity contribution in [3.8, 4) is 17.2 Å². The van der Waals surface area contributed by atoms with Crippen molar-refractivity contribution in [2.24, 2.45) is 0 Å². The molecule has 0 aliphatic carbocycles. The third-order valence-corrected chi connectivity index (χ3v) is 5.58. The van der Waals surface area contributed by atoms with Crippen LogP contribution in [0.3, 0.4) is 0 Å². The topological polar surface area (TPSA) is 102 Å². The molecule has 0 saturated carbocycles. The van der Waals surface area contributed by atoms with E-state index in [2.05, 4.69) is 5.32 Å². The van der Waals surface area contributed by atoms with Crippen molar-refractivity contribution in [1.29, 1.82) is 0 Å². The van der Waals surface area contributed by atoms with Crippen molar-refractivity contribution in [3.05, 3.63) is 78.4 Å². The van der Waals surface area contributed by atoms with Crippen LogP contribution in [-0.2, 0) is 10.1 Å². The molecule has 0 aliphatic rings. The lowest BCUT2D eigenvalue weighted by Gasteiger charge is -2.18. The largest absolute Gasteiger partial charge is 0.478 e. The zero-order valence-electron chi connectivity index (χ0n) is 16.9. The molecule has 0 aromatic heterocycles. The minimum atomic E-state index is -4.40. The number of ether oxygens (including phenoxy) is 1. The molecular weight excluding hydrogens is 418 g/mol. The van der Waals surface area contributed by atoms with Gasteiger partial charge in [0.2, 0.25) is 0 Å². The number of anilines is 1. The second-order valence-electron chi connectivity index (χ2n) is 6.70. The first-order valence-corrected chi connectivity index (χ1v) is 11.2. The highest BCUT2D eigenvalue weighted by Gasteiger charge is 2.28. The molecule has 0 radical (unpaired) electrons. The van der Waals surface area contributed by atoms with Gasteiger partial charge in [0.15, 0.2) is 10.6 Å². The van der Waals surface area contributed by atoms with Gasteiger partial charge in [-0.3, -0.25) is 0 Å². The number of nitrogens with one attached hydrogen (secondary N) is 1. The van der Waals surface area contributed by atoms with Gasteiger partial charge < -0.3 is 19.3 Å². The summed E-state index contributed by atoms with van der Waals surface area (Å²) in [5.41, 5.74) is 0.0575. The molecule has 0 heterocycles. The molecule has 0 amide bonds. The van der Waals surface area contributed by atoms with Gasteiger partial charge in [-0.2, -0.15) is 8.42 Å².